The molecule has 0 amide bonds. The molecule has 1 heterocycles. The Morgan fingerprint density at radius 3 is 2.33 bits per heavy atom. The monoisotopic (exact) mass is 537 g/mol. The molecule has 2 aliphatic rings. The van der Waals surface area contributed by atoms with Crippen LogP contribution in [0.3, 0.4) is 0 Å². The lowest BCUT2D eigenvalue weighted by Crippen LogP contribution is -2.41. The maximum absolute atomic E-state index is 13.9. The van der Waals surface area contributed by atoms with E-state index >= 15 is 0 Å². The van der Waals surface area contributed by atoms with Gasteiger partial charge in [-0.05, 0) is 54.5 Å². The third-order valence-corrected chi connectivity index (χ3v) is 7.67. The first-order valence-corrected chi connectivity index (χ1v) is 13.9. The lowest BCUT2D eigenvalue weighted by molar-refractivity contribution is -0.140. The highest BCUT2D eigenvalue weighted by atomic mass is 16.5. The number of carbonyl (C=O) groups excluding carboxylic acids is 2. The van der Waals surface area contributed by atoms with Crippen LogP contribution in [0.25, 0.3) is 0 Å². The number of aliphatic imine (C=N–C) groups is 1. The SMILES string of the molecule is CCCOc1ccc([C@H]2C(C(=O)OCc3ccccc3)=C(C)N=C3C[C@H](c4ccccc4)CC(=O)C32)cc1OC. The van der Waals surface area contributed by atoms with Gasteiger partial charge in [0, 0.05) is 23.7 Å². The number of benzene rings is 3. The molecule has 0 bridgehead atoms. The van der Waals surface area contributed by atoms with Gasteiger partial charge in [-0.25, -0.2) is 4.79 Å². The third-order valence-electron chi connectivity index (χ3n) is 7.67. The molecule has 1 aliphatic carbocycles. The average Bonchev–Trinajstić information content (AvgIpc) is 2.99. The zero-order valence-corrected chi connectivity index (χ0v) is 23.3. The number of esters is 1. The van der Waals surface area contributed by atoms with Crippen LogP contribution in [0.5, 0.6) is 11.5 Å². The molecular formula is C34H35NO5. The molecule has 1 fully saturated rings. The van der Waals surface area contributed by atoms with Crippen LogP contribution in [0.4, 0.5) is 0 Å². The topological polar surface area (TPSA) is 74.2 Å². The van der Waals surface area contributed by atoms with Crippen molar-refractivity contribution in [3.05, 3.63) is 107 Å². The average molecular weight is 538 g/mol. The summed E-state index contributed by atoms with van der Waals surface area (Å²) in [5, 5.41) is 0. The molecule has 0 aromatic heterocycles. The summed E-state index contributed by atoms with van der Waals surface area (Å²) in [6, 6.07) is 25.3. The highest BCUT2D eigenvalue weighted by molar-refractivity contribution is 6.12. The first-order chi connectivity index (χ1) is 19.5. The summed E-state index contributed by atoms with van der Waals surface area (Å²) in [4.78, 5) is 32.5. The Kier molecular flexibility index (Phi) is 8.44. The van der Waals surface area contributed by atoms with Crippen molar-refractivity contribution in [3.63, 3.8) is 0 Å². The van der Waals surface area contributed by atoms with Gasteiger partial charge < -0.3 is 14.2 Å². The number of nitrogens with zero attached hydrogens (tertiary/aromatic N) is 1. The largest absolute Gasteiger partial charge is 0.493 e. The highest BCUT2D eigenvalue weighted by Crippen LogP contribution is 2.47. The number of rotatable bonds is 9. The highest BCUT2D eigenvalue weighted by Gasteiger charge is 2.46. The maximum atomic E-state index is 13.9. The van der Waals surface area contributed by atoms with Gasteiger partial charge in [0.1, 0.15) is 12.4 Å². The molecule has 206 valence electrons. The maximum Gasteiger partial charge on any atom is 0.336 e. The summed E-state index contributed by atoms with van der Waals surface area (Å²) in [5.74, 6) is -0.208. The number of methoxy groups -OCH3 is 1. The van der Waals surface area contributed by atoms with Gasteiger partial charge in [-0.3, -0.25) is 9.79 Å². The van der Waals surface area contributed by atoms with Crippen LogP contribution in [0, 0.1) is 5.92 Å². The van der Waals surface area contributed by atoms with Crippen molar-refractivity contribution >= 4 is 17.5 Å². The molecule has 0 spiro atoms. The smallest absolute Gasteiger partial charge is 0.336 e. The summed E-state index contributed by atoms with van der Waals surface area (Å²) in [6.07, 6.45) is 1.92. The van der Waals surface area contributed by atoms with Crippen LogP contribution in [0.1, 0.15) is 61.6 Å². The molecule has 5 rings (SSSR count). The normalized spacial score (nSPS) is 20.4. The van der Waals surface area contributed by atoms with Crippen molar-refractivity contribution in [3.8, 4) is 11.5 Å². The number of hydrogen-bond acceptors (Lipinski definition) is 6. The zero-order chi connectivity index (χ0) is 28.1. The van der Waals surface area contributed by atoms with E-state index in [9.17, 15) is 9.59 Å². The molecule has 0 N–H and O–H groups in total. The number of fused-ring (bicyclic) bond motifs is 1. The molecule has 3 atom stereocenters. The molecule has 1 aliphatic heterocycles. The minimum absolute atomic E-state index is 0.0584. The molecule has 3 aromatic carbocycles. The van der Waals surface area contributed by atoms with Gasteiger partial charge in [0.25, 0.3) is 0 Å². The van der Waals surface area contributed by atoms with Crippen LogP contribution in [-0.2, 0) is 20.9 Å². The van der Waals surface area contributed by atoms with Crippen LogP contribution in [0.2, 0.25) is 0 Å². The van der Waals surface area contributed by atoms with Crippen LogP contribution >= 0.6 is 0 Å². The third kappa shape index (κ3) is 5.71. The van der Waals surface area contributed by atoms with E-state index in [1.54, 1.807) is 7.11 Å². The van der Waals surface area contributed by atoms with Crippen molar-refractivity contribution in [2.45, 2.75) is 51.6 Å². The van der Waals surface area contributed by atoms with Crippen molar-refractivity contribution < 1.29 is 23.8 Å². The number of hydrogen-bond donors (Lipinski definition) is 0. The summed E-state index contributed by atoms with van der Waals surface area (Å²) in [5.41, 5.74) is 4.64. The van der Waals surface area contributed by atoms with Gasteiger partial charge in [-0.1, -0.05) is 73.7 Å². The number of ketones is 1. The van der Waals surface area contributed by atoms with Crippen LogP contribution in [-0.4, -0.2) is 31.2 Å². The van der Waals surface area contributed by atoms with E-state index in [1.807, 2.05) is 80.6 Å². The molecule has 3 aromatic rings. The molecule has 6 nitrogen and oxygen atoms in total. The Morgan fingerprint density at radius 2 is 1.62 bits per heavy atom. The van der Waals surface area contributed by atoms with Crippen molar-refractivity contribution in [2.24, 2.45) is 10.9 Å². The quantitative estimate of drug-likeness (QED) is 0.281. The molecule has 1 unspecified atom stereocenters. The molecule has 0 radical (unpaired) electrons. The minimum atomic E-state index is -0.546. The second-order valence-corrected chi connectivity index (χ2v) is 10.4. The summed E-state index contributed by atoms with van der Waals surface area (Å²) < 4.78 is 17.3. The number of Topliss-reactive ketones (excluding diaryl/α,β-unsaturated/α-hetero) is 1. The fourth-order valence-electron chi connectivity index (χ4n) is 5.77. The summed E-state index contributed by atoms with van der Waals surface area (Å²) in [7, 11) is 1.60. The lowest BCUT2D eigenvalue weighted by Gasteiger charge is -2.38. The number of allylic oxidation sites excluding steroid dienone is 1. The number of carbonyl (C=O) groups is 2. The van der Waals surface area contributed by atoms with E-state index < -0.39 is 17.8 Å². The van der Waals surface area contributed by atoms with Crippen molar-refractivity contribution in [1.82, 2.24) is 0 Å². The van der Waals surface area contributed by atoms with E-state index in [-0.39, 0.29) is 18.3 Å². The Labute approximate surface area is 235 Å². The minimum Gasteiger partial charge on any atom is -0.493 e. The second kappa shape index (κ2) is 12.3. The molecule has 40 heavy (non-hydrogen) atoms. The lowest BCUT2D eigenvalue weighted by atomic mass is 9.66. The van der Waals surface area contributed by atoms with E-state index in [1.165, 1.54) is 0 Å². The van der Waals surface area contributed by atoms with Gasteiger partial charge in [-0.2, -0.15) is 0 Å². The predicted octanol–water partition coefficient (Wildman–Crippen LogP) is 6.80. The summed E-state index contributed by atoms with van der Waals surface area (Å²) >= 11 is 0. The van der Waals surface area contributed by atoms with Gasteiger partial charge in [0.05, 0.1) is 25.2 Å². The fraction of sp³-hybridized carbons (Fsp3) is 0.324. The standard InChI is InChI=1S/C34H35NO5/c1-4-17-39-29-16-15-25(20-30(29)38-3)32-31(34(37)40-21-23-11-7-5-8-12-23)22(2)35-27-18-26(19-28(36)33(27)32)24-13-9-6-10-14-24/h5-16,20,26,32-33H,4,17-19,21H2,1-3H3/t26-,32-,33?/m0/s1. The van der Waals surface area contributed by atoms with Crippen LogP contribution in [0.15, 0.2) is 95.1 Å². The summed E-state index contributed by atoms with van der Waals surface area (Å²) in [6.45, 7) is 4.58. The fourth-order valence-corrected chi connectivity index (χ4v) is 5.77. The zero-order valence-electron chi connectivity index (χ0n) is 23.3. The van der Waals surface area contributed by atoms with E-state index in [0.717, 1.165) is 28.8 Å². The molecule has 6 heteroatoms. The molecule has 0 saturated heterocycles. The first-order valence-electron chi connectivity index (χ1n) is 13.9. The van der Waals surface area contributed by atoms with Gasteiger partial charge in [0.15, 0.2) is 11.5 Å². The van der Waals surface area contributed by atoms with Crippen LogP contribution < -0.4 is 9.47 Å². The Morgan fingerprint density at radius 1 is 0.900 bits per heavy atom. The first kappa shape index (κ1) is 27.4. The molecule has 1 saturated carbocycles. The van der Waals surface area contributed by atoms with Gasteiger partial charge in [-0.15, -0.1) is 0 Å². The van der Waals surface area contributed by atoms with Gasteiger partial charge in [0.2, 0.25) is 0 Å². The van der Waals surface area contributed by atoms with Gasteiger partial charge >= 0.3 is 5.97 Å². The second-order valence-electron chi connectivity index (χ2n) is 10.4. The number of ether oxygens (including phenoxy) is 3. The van der Waals surface area contributed by atoms with Crippen molar-refractivity contribution in [2.75, 3.05) is 13.7 Å². The van der Waals surface area contributed by atoms with E-state index in [0.29, 0.717) is 42.2 Å². The van der Waals surface area contributed by atoms with E-state index in [2.05, 4.69) is 12.1 Å². The molecular weight excluding hydrogens is 502 g/mol. The van der Waals surface area contributed by atoms with Crippen molar-refractivity contribution in [1.29, 1.82) is 0 Å². The predicted molar refractivity (Wildman–Crippen MR) is 155 cm³/mol. The Hall–Kier alpha value is -4.19. The Bertz CT molecular complexity index is 1430. The Balaban J connectivity index is 1.54. The van der Waals surface area contributed by atoms with E-state index in [4.69, 9.17) is 19.2 Å².